The number of hydrogen-bond donors (Lipinski definition) is 1. The fraction of sp³-hybridized carbons (Fsp3) is 0.345. The average Bonchev–Trinajstić information content (AvgIpc) is 2.72. The lowest BCUT2D eigenvalue weighted by Crippen LogP contribution is -2.22. The minimum absolute atomic E-state index is 0.0770. The average molecular weight is 412 g/mol. The van der Waals surface area contributed by atoms with E-state index in [0.717, 1.165) is 29.3 Å². The molecule has 0 atom stereocenters. The summed E-state index contributed by atoms with van der Waals surface area (Å²) >= 11 is 0. The van der Waals surface area contributed by atoms with Gasteiger partial charge in [-0.1, -0.05) is 77.9 Å². The molecule has 2 heteroatoms. The molecule has 1 heterocycles. The van der Waals surface area contributed by atoms with E-state index in [9.17, 15) is 5.11 Å². The highest BCUT2D eigenvalue weighted by Gasteiger charge is 2.26. The van der Waals surface area contributed by atoms with Crippen LogP contribution in [-0.2, 0) is 23.7 Å². The van der Waals surface area contributed by atoms with E-state index >= 15 is 0 Å². The molecule has 0 aliphatic rings. The Morgan fingerprint density at radius 3 is 2.23 bits per heavy atom. The van der Waals surface area contributed by atoms with E-state index in [1.165, 1.54) is 27.5 Å². The van der Waals surface area contributed by atoms with Gasteiger partial charge in [0.2, 0.25) is 0 Å². The molecule has 0 aliphatic heterocycles. The molecule has 3 aromatic carbocycles. The number of phenols is 1. The van der Waals surface area contributed by atoms with Crippen molar-refractivity contribution in [2.75, 3.05) is 0 Å². The van der Waals surface area contributed by atoms with Crippen molar-refractivity contribution in [3.8, 4) is 5.75 Å². The van der Waals surface area contributed by atoms with Crippen LogP contribution in [0.2, 0.25) is 0 Å². The largest absolute Gasteiger partial charge is 0.508 e. The number of aromatic hydroxyl groups is 1. The number of hydrogen-bond acceptors (Lipinski definition) is 2. The molecule has 0 amide bonds. The van der Waals surface area contributed by atoms with Crippen molar-refractivity contribution >= 4 is 21.7 Å². The fourth-order valence-electron chi connectivity index (χ4n) is 4.87. The second kappa shape index (κ2) is 7.67. The van der Waals surface area contributed by atoms with Gasteiger partial charge in [0, 0.05) is 11.6 Å². The SMILES string of the molecule is CCc1cccc2cccc(C(C)(C)Cc3ccnc4c(C(C)(C)C)cc(O)cc34)c12. The third-order valence-electron chi connectivity index (χ3n) is 6.46. The van der Waals surface area contributed by atoms with E-state index in [1.807, 2.05) is 18.3 Å². The molecule has 2 nitrogen and oxygen atoms in total. The van der Waals surface area contributed by atoms with Crippen molar-refractivity contribution < 1.29 is 5.11 Å². The number of aryl methyl sites for hydroxylation is 1. The van der Waals surface area contributed by atoms with Gasteiger partial charge in [0.05, 0.1) is 5.52 Å². The van der Waals surface area contributed by atoms with Crippen LogP contribution in [0.3, 0.4) is 0 Å². The molecule has 1 aromatic heterocycles. The molecule has 31 heavy (non-hydrogen) atoms. The Kier molecular flexibility index (Phi) is 5.29. The summed E-state index contributed by atoms with van der Waals surface area (Å²) in [4.78, 5) is 4.72. The van der Waals surface area contributed by atoms with Crippen LogP contribution in [0.5, 0.6) is 5.75 Å². The van der Waals surface area contributed by atoms with E-state index in [4.69, 9.17) is 4.98 Å². The maximum atomic E-state index is 10.5. The van der Waals surface area contributed by atoms with E-state index in [-0.39, 0.29) is 10.8 Å². The van der Waals surface area contributed by atoms with Gasteiger partial charge in [0.1, 0.15) is 5.75 Å². The van der Waals surface area contributed by atoms with Crippen molar-refractivity contribution in [3.63, 3.8) is 0 Å². The minimum atomic E-state index is -0.0935. The van der Waals surface area contributed by atoms with Gasteiger partial charge in [0.25, 0.3) is 0 Å². The first-order valence-electron chi connectivity index (χ1n) is 11.2. The first kappa shape index (κ1) is 21.4. The first-order valence-corrected chi connectivity index (χ1v) is 11.2. The normalized spacial score (nSPS) is 12.6. The van der Waals surface area contributed by atoms with Gasteiger partial charge in [0.15, 0.2) is 0 Å². The summed E-state index contributed by atoms with van der Waals surface area (Å²) in [6.45, 7) is 13.4. The maximum Gasteiger partial charge on any atom is 0.116 e. The number of pyridine rings is 1. The standard InChI is InChI=1S/C29H33NO/c1-7-19-10-8-11-20-12-9-13-24(26(19)20)29(5,6)18-21-14-15-30-27-23(21)16-22(31)17-25(27)28(2,3)4/h8-17,31H,7,18H2,1-6H3. The highest BCUT2D eigenvalue weighted by molar-refractivity contribution is 5.90. The summed E-state index contributed by atoms with van der Waals surface area (Å²) in [6.07, 6.45) is 3.81. The Morgan fingerprint density at radius 1 is 0.839 bits per heavy atom. The van der Waals surface area contributed by atoms with Crippen LogP contribution in [0.15, 0.2) is 60.8 Å². The molecule has 0 unspecified atom stereocenters. The van der Waals surface area contributed by atoms with Crippen molar-refractivity contribution in [1.82, 2.24) is 4.98 Å². The molecule has 0 spiro atoms. The molecule has 4 rings (SSSR count). The van der Waals surface area contributed by atoms with Crippen LogP contribution in [0.1, 0.15) is 63.8 Å². The van der Waals surface area contributed by atoms with Crippen LogP contribution >= 0.6 is 0 Å². The molecule has 0 saturated heterocycles. The van der Waals surface area contributed by atoms with Gasteiger partial charge >= 0.3 is 0 Å². The molecule has 4 aromatic rings. The molecule has 0 bridgehead atoms. The smallest absolute Gasteiger partial charge is 0.116 e. The highest BCUT2D eigenvalue weighted by Crippen LogP contribution is 2.38. The van der Waals surface area contributed by atoms with Gasteiger partial charge in [-0.15, -0.1) is 0 Å². The van der Waals surface area contributed by atoms with E-state index < -0.39 is 0 Å². The van der Waals surface area contributed by atoms with E-state index in [0.29, 0.717) is 5.75 Å². The number of phenolic OH excluding ortho intramolecular Hbond substituents is 1. The van der Waals surface area contributed by atoms with Crippen LogP contribution in [0.4, 0.5) is 0 Å². The van der Waals surface area contributed by atoms with Crippen LogP contribution in [-0.4, -0.2) is 10.1 Å². The molecule has 0 aliphatic carbocycles. The summed E-state index contributed by atoms with van der Waals surface area (Å²) in [5.41, 5.74) is 5.90. The maximum absolute atomic E-state index is 10.5. The molecule has 0 radical (unpaired) electrons. The summed E-state index contributed by atoms with van der Waals surface area (Å²) < 4.78 is 0. The fourth-order valence-corrected chi connectivity index (χ4v) is 4.87. The zero-order valence-electron chi connectivity index (χ0n) is 19.6. The molecular weight excluding hydrogens is 378 g/mol. The molecule has 0 fully saturated rings. The number of aromatic nitrogens is 1. The van der Waals surface area contributed by atoms with E-state index in [2.05, 4.69) is 84.0 Å². The second-order valence-corrected chi connectivity index (χ2v) is 10.3. The quantitative estimate of drug-likeness (QED) is 0.378. The van der Waals surface area contributed by atoms with Crippen molar-refractivity contribution in [3.05, 3.63) is 83.0 Å². The Labute approximate surface area is 186 Å². The van der Waals surface area contributed by atoms with Crippen LogP contribution < -0.4 is 0 Å². The third kappa shape index (κ3) is 3.92. The number of nitrogens with zero attached hydrogens (tertiary/aromatic N) is 1. The number of fused-ring (bicyclic) bond motifs is 2. The topological polar surface area (TPSA) is 33.1 Å². The summed E-state index contributed by atoms with van der Waals surface area (Å²) in [5.74, 6) is 0.308. The van der Waals surface area contributed by atoms with Crippen LogP contribution in [0.25, 0.3) is 21.7 Å². The number of benzene rings is 3. The zero-order valence-corrected chi connectivity index (χ0v) is 19.6. The van der Waals surface area contributed by atoms with Gasteiger partial charge < -0.3 is 5.11 Å². The molecular formula is C29H33NO. The summed E-state index contributed by atoms with van der Waals surface area (Å²) in [5, 5.41) is 14.2. The lowest BCUT2D eigenvalue weighted by molar-refractivity contribution is 0.472. The van der Waals surface area contributed by atoms with Crippen molar-refractivity contribution in [2.24, 2.45) is 0 Å². The Hall–Kier alpha value is -2.87. The first-order chi connectivity index (χ1) is 14.6. The van der Waals surface area contributed by atoms with Gasteiger partial charge in [-0.05, 0) is 74.9 Å². The summed E-state index contributed by atoms with van der Waals surface area (Å²) in [6, 6.07) is 19.1. The van der Waals surface area contributed by atoms with Gasteiger partial charge in [-0.2, -0.15) is 0 Å². The number of rotatable bonds is 4. The molecule has 160 valence electrons. The minimum Gasteiger partial charge on any atom is -0.508 e. The molecule has 0 saturated carbocycles. The Balaban J connectivity index is 1.89. The molecule has 1 N–H and O–H groups in total. The second-order valence-electron chi connectivity index (χ2n) is 10.3. The predicted molar refractivity (Wildman–Crippen MR) is 132 cm³/mol. The van der Waals surface area contributed by atoms with Gasteiger partial charge in [-0.25, -0.2) is 0 Å². The summed E-state index contributed by atoms with van der Waals surface area (Å²) in [7, 11) is 0. The Morgan fingerprint density at radius 2 is 1.55 bits per heavy atom. The van der Waals surface area contributed by atoms with Crippen molar-refractivity contribution in [1.29, 1.82) is 0 Å². The van der Waals surface area contributed by atoms with E-state index in [1.54, 1.807) is 0 Å². The van der Waals surface area contributed by atoms with Gasteiger partial charge in [-0.3, -0.25) is 4.98 Å². The lowest BCUT2D eigenvalue weighted by Gasteiger charge is -2.29. The van der Waals surface area contributed by atoms with Crippen LogP contribution in [0, 0.1) is 0 Å². The lowest BCUT2D eigenvalue weighted by atomic mass is 9.75. The monoisotopic (exact) mass is 411 g/mol. The predicted octanol–water partition coefficient (Wildman–Crippen LogP) is 7.47. The third-order valence-corrected chi connectivity index (χ3v) is 6.46. The van der Waals surface area contributed by atoms with Crippen molar-refractivity contribution in [2.45, 2.75) is 65.2 Å². The Bertz CT molecular complexity index is 1260. The zero-order chi connectivity index (χ0) is 22.4. The highest BCUT2D eigenvalue weighted by atomic mass is 16.3.